The van der Waals surface area contributed by atoms with Crippen LogP contribution < -0.4 is 4.74 Å². The molecule has 2 nitrogen and oxygen atoms in total. The molecule has 0 N–H and O–H groups in total. The highest BCUT2D eigenvalue weighted by molar-refractivity contribution is 9.10. The van der Waals surface area contributed by atoms with Gasteiger partial charge in [0.25, 0.3) is 0 Å². The van der Waals surface area contributed by atoms with Gasteiger partial charge < -0.3 is 4.74 Å². The maximum atomic E-state index is 11.2. The van der Waals surface area contributed by atoms with Crippen molar-refractivity contribution in [3.05, 3.63) is 27.7 Å². The number of hydrogen-bond donors (Lipinski definition) is 0. The molecule has 0 unspecified atom stereocenters. The lowest BCUT2D eigenvalue weighted by molar-refractivity contribution is 0.0961. The van der Waals surface area contributed by atoms with Crippen molar-refractivity contribution in [3.8, 4) is 5.75 Å². The van der Waals surface area contributed by atoms with Gasteiger partial charge in [0.1, 0.15) is 5.75 Å². The maximum Gasteiger partial charge on any atom is 0.203 e. The largest absolute Gasteiger partial charge is 0.483 e. The molecular weight excluding hydrogens is 268 g/mol. The molecule has 0 aliphatic carbocycles. The van der Waals surface area contributed by atoms with Crippen LogP contribution in [0.2, 0.25) is 0 Å². The monoisotopic (exact) mass is 286 g/mol. The lowest BCUT2D eigenvalue weighted by atomic mass is 10.1. The van der Waals surface area contributed by atoms with E-state index >= 15 is 0 Å². The maximum absolute atomic E-state index is 11.2. The number of aryl methyl sites for hydroxylation is 1. The van der Waals surface area contributed by atoms with Crippen LogP contribution in [0.15, 0.2) is 16.6 Å². The van der Waals surface area contributed by atoms with Crippen LogP contribution in [-0.4, -0.2) is 12.4 Å². The Balaban J connectivity index is 0.000000509. The van der Waals surface area contributed by atoms with E-state index < -0.39 is 0 Å². The van der Waals surface area contributed by atoms with Gasteiger partial charge in [-0.2, -0.15) is 0 Å². The molecule has 0 saturated heterocycles. The molecule has 16 heavy (non-hydrogen) atoms. The minimum absolute atomic E-state index is 0.0643. The normalized spacial score (nSPS) is 11.5. The SMILES string of the molecule is CC.CC.Cc1cc(Br)c2c(c1)C(=O)CO2. The smallest absolute Gasteiger partial charge is 0.203 e. The van der Waals surface area contributed by atoms with Crippen molar-refractivity contribution >= 4 is 21.7 Å². The molecule has 0 spiro atoms. The van der Waals surface area contributed by atoms with Crippen LogP contribution in [0.1, 0.15) is 43.6 Å². The van der Waals surface area contributed by atoms with Crippen LogP contribution in [-0.2, 0) is 0 Å². The number of ketones is 1. The third-order valence-corrected chi connectivity index (χ3v) is 2.42. The van der Waals surface area contributed by atoms with Crippen molar-refractivity contribution in [1.29, 1.82) is 0 Å². The number of fused-ring (bicyclic) bond motifs is 1. The Labute approximate surface area is 106 Å². The molecule has 0 bridgehead atoms. The molecule has 0 amide bonds. The van der Waals surface area contributed by atoms with E-state index in [1.807, 2.05) is 46.8 Å². The fraction of sp³-hybridized carbons (Fsp3) is 0.462. The molecule has 2 rings (SSSR count). The summed E-state index contributed by atoms with van der Waals surface area (Å²) in [5, 5.41) is 0. The van der Waals surface area contributed by atoms with Crippen LogP contribution in [0.25, 0.3) is 0 Å². The molecule has 0 atom stereocenters. The molecule has 1 aromatic carbocycles. The molecule has 1 aromatic rings. The van der Waals surface area contributed by atoms with Gasteiger partial charge in [-0.3, -0.25) is 4.79 Å². The molecular formula is C13H19BrO2. The molecule has 90 valence electrons. The number of benzene rings is 1. The molecule has 1 heterocycles. The van der Waals surface area contributed by atoms with Gasteiger partial charge >= 0.3 is 0 Å². The first-order valence-corrected chi connectivity index (χ1v) is 6.44. The average molecular weight is 287 g/mol. The zero-order valence-corrected chi connectivity index (χ0v) is 12.1. The first-order valence-electron chi connectivity index (χ1n) is 5.64. The zero-order valence-electron chi connectivity index (χ0n) is 10.6. The molecule has 0 aromatic heterocycles. The van der Waals surface area contributed by atoms with E-state index in [9.17, 15) is 4.79 Å². The summed E-state index contributed by atoms with van der Waals surface area (Å²) >= 11 is 3.35. The van der Waals surface area contributed by atoms with Crippen molar-refractivity contribution in [2.75, 3.05) is 6.61 Å². The number of carbonyl (C=O) groups is 1. The zero-order chi connectivity index (χ0) is 12.7. The minimum Gasteiger partial charge on any atom is -0.483 e. The molecule has 1 aliphatic heterocycles. The number of carbonyl (C=O) groups excluding carboxylic acids is 1. The second-order valence-corrected chi connectivity index (χ2v) is 3.69. The molecule has 0 fully saturated rings. The third kappa shape index (κ3) is 3.34. The Morgan fingerprint density at radius 1 is 1.19 bits per heavy atom. The van der Waals surface area contributed by atoms with Gasteiger partial charge in [0.2, 0.25) is 5.78 Å². The fourth-order valence-corrected chi connectivity index (χ4v) is 1.99. The predicted molar refractivity (Wildman–Crippen MR) is 71.4 cm³/mol. The highest BCUT2D eigenvalue weighted by atomic mass is 79.9. The van der Waals surface area contributed by atoms with Crippen molar-refractivity contribution in [3.63, 3.8) is 0 Å². The predicted octanol–water partition coefficient (Wildman–Crippen LogP) is 4.39. The van der Waals surface area contributed by atoms with Crippen LogP contribution in [0, 0.1) is 6.92 Å². The number of halogens is 1. The first-order chi connectivity index (χ1) is 7.68. The highest BCUT2D eigenvalue weighted by Crippen LogP contribution is 2.34. The second kappa shape index (κ2) is 7.44. The fourth-order valence-electron chi connectivity index (χ4n) is 1.30. The van der Waals surface area contributed by atoms with Gasteiger partial charge in [0, 0.05) is 0 Å². The van der Waals surface area contributed by atoms with E-state index in [1.165, 1.54) is 0 Å². The van der Waals surface area contributed by atoms with E-state index in [0.29, 0.717) is 11.3 Å². The van der Waals surface area contributed by atoms with Crippen LogP contribution in [0.3, 0.4) is 0 Å². The van der Waals surface area contributed by atoms with Gasteiger partial charge in [-0.25, -0.2) is 0 Å². The lowest BCUT2D eigenvalue weighted by Gasteiger charge is -2.01. The lowest BCUT2D eigenvalue weighted by Crippen LogP contribution is -1.98. The van der Waals surface area contributed by atoms with Gasteiger partial charge in [-0.15, -0.1) is 0 Å². The Morgan fingerprint density at radius 2 is 1.75 bits per heavy atom. The molecule has 3 heteroatoms. The Kier molecular flexibility index (Phi) is 7.06. The van der Waals surface area contributed by atoms with Gasteiger partial charge in [0.05, 0.1) is 10.0 Å². The Bertz CT molecular complexity index is 359. The summed E-state index contributed by atoms with van der Waals surface area (Å²) in [6.45, 7) is 10.1. The topological polar surface area (TPSA) is 26.3 Å². The van der Waals surface area contributed by atoms with E-state index in [0.717, 1.165) is 10.0 Å². The van der Waals surface area contributed by atoms with Crippen molar-refractivity contribution in [1.82, 2.24) is 0 Å². The molecule has 1 aliphatic rings. The molecule has 0 radical (unpaired) electrons. The number of ether oxygens (including phenoxy) is 1. The Hall–Kier alpha value is -0.830. The van der Waals surface area contributed by atoms with Crippen LogP contribution >= 0.6 is 15.9 Å². The number of rotatable bonds is 0. The van der Waals surface area contributed by atoms with Gasteiger partial charge in [-0.1, -0.05) is 27.7 Å². The summed E-state index contributed by atoms with van der Waals surface area (Å²) in [5.41, 5.74) is 1.77. The number of hydrogen-bond acceptors (Lipinski definition) is 2. The summed E-state index contributed by atoms with van der Waals surface area (Å²) < 4.78 is 6.06. The van der Waals surface area contributed by atoms with Gasteiger partial charge in [-0.05, 0) is 40.5 Å². The summed E-state index contributed by atoms with van der Waals surface area (Å²) in [6, 6.07) is 3.80. The minimum atomic E-state index is 0.0643. The van der Waals surface area contributed by atoms with Crippen molar-refractivity contribution < 1.29 is 9.53 Å². The van der Waals surface area contributed by atoms with E-state index in [4.69, 9.17) is 4.74 Å². The summed E-state index contributed by atoms with van der Waals surface area (Å²) in [6.07, 6.45) is 0. The number of Topliss-reactive ketones (excluding diaryl/α,β-unsaturated/α-hetero) is 1. The first kappa shape index (κ1) is 15.2. The van der Waals surface area contributed by atoms with E-state index in [1.54, 1.807) is 0 Å². The van der Waals surface area contributed by atoms with E-state index in [2.05, 4.69) is 15.9 Å². The van der Waals surface area contributed by atoms with Crippen LogP contribution in [0.4, 0.5) is 0 Å². The highest BCUT2D eigenvalue weighted by Gasteiger charge is 2.23. The second-order valence-electron chi connectivity index (χ2n) is 2.84. The van der Waals surface area contributed by atoms with Crippen LogP contribution in [0.5, 0.6) is 5.75 Å². The molecule has 0 saturated carbocycles. The summed E-state index contributed by atoms with van der Waals surface area (Å²) in [7, 11) is 0. The summed E-state index contributed by atoms with van der Waals surface area (Å²) in [4.78, 5) is 11.2. The Morgan fingerprint density at radius 3 is 2.31 bits per heavy atom. The van der Waals surface area contributed by atoms with Crippen molar-refractivity contribution in [2.45, 2.75) is 34.6 Å². The average Bonchev–Trinajstić information content (AvgIpc) is 2.67. The third-order valence-electron chi connectivity index (χ3n) is 1.84. The quantitative estimate of drug-likeness (QED) is 0.707. The standard InChI is InChI=1S/C9H7BrO2.2C2H6/c1-5-2-6-8(11)4-12-9(6)7(10)3-5;2*1-2/h2-3H,4H2,1H3;2*1-2H3. The van der Waals surface area contributed by atoms with Crippen molar-refractivity contribution in [2.24, 2.45) is 0 Å². The van der Waals surface area contributed by atoms with E-state index in [-0.39, 0.29) is 12.4 Å². The van der Waals surface area contributed by atoms with Gasteiger partial charge in [0.15, 0.2) is 6.61 Å². The summed E-state index contributed by atoms with van der Waals surface area (Å²) in [5.74, 6) is 0.750.